The molecule has 0 fully saturated rings. The monoisotopic (exact) mass is 292 g/mol. The minimum absolute atomic E-state index is 0.180. The van der Waals surface area contributed by atoms with Crippen LogP contribution in [-0.2, 0) is 4.79 Å². The van der Waals surface area contributed by atoms with Gasteiger partial charge in [0.25, 0.3) is 5.91 Å². The zero-order valence-corrected chi connectivity index (χ0v) is 11.3. The van der Waals surface area contributed by atoms with E-state index in [1.165, 1.54) is 30.3 Å². The number of carbonyl (C=O) groups excluding carboxylic acids is 1. The molecule has 3 N–H and O–H groups in total. The minimum atomic E-state index is -0.505. The van der Waals surface area contributed by atoms with Gasteiger partial charge in [-0.15, -0.1) is 0 Å². The number of nitrogens with two attached hydrogens (primary N) is 1. The van der Waals surface area contributed by atoms with Crippen molar-refractivity contribution in [2.45, 2.75) is 6.92 Å². The number of hydrogen-bond acceptors (Lipinski definition) is 3. The normalized spacial score (nSPS) is 10.2. The van der Waals surface area contributed by atoms with Crippen LogP contribution in [0, 0.1) is 18.6 Å². The second-order valence-corrected chi connectivity index (χ2v) is 4.48. The van der Waals surface area contributed by atoms with Crippen molar-refractivity contribution in [3.8, 4) is 5.75 Å². The summed E-state index contributed by atoms with van der Waals surface area (Å²) in [6, 6.07) is 7.84. The largest absolute Gasteiger partial charge is 0.484 e. The van der Waals surface area contributed by atoms with Gasteiger partial charge >= 0.3 is 0 Å². The third kappa shape index (κ3) is 3.92. The van der Waals surface area contributed by atoms with Crippen molar-refractivity contribution < 1.29 is 18.3 Å². The molecule has 4 nitrogen and oxygen atoms in total. The molecule has 0 unspecified atom stereocenters. The first-order valence-corrected chi connectivity index (χ1v) is 6.19. The molecule has 0 saturated heterocycles. The van der Waals surface area contributed by atoms with Crippen molar-refractivity contribution in [1.82, 2.24) is 0 Å². The van der Waals surface area contributed by atoms with Gasteiger partial charge < -0.3 is 15.8 Å². The van der Waals surface area contributed by atoms with Gasteiger partial charge in [-0.1, -0.05) is 0 Å². The zero-order chi connectivity index (χ0) is 15.4. The Balaban J connectivity index is 1.95. The first-order chi connectivity index (χ1) is 9.95. The summed E-state index contributed by atoms with van der Waals surface area (Å²) in [6.45, 7) is 1.30. The van der Waals surface area contributed by atoms with Crippen LogP contribution < -0.4 is 15.8 Å². The van der Waals surface area contributed by atoms with E-state index in [9.17, 15) is 13.6 Å². The summed E-state index contributed by atoms with van der Waals surface area (Å²) in [7, 11) is 0. The van der Waals surface area contributed by atoms with Crippen molar-refractivity contribution in [3.63, 3.8) is 0 Å². The molecule has 0 aliphatic carbocycles. The van der Waals surface area contributed by atoms with E-state index in [1.807, 2.05) is 0 Å². The van der Waals surface area contributed by atoms with Gasteiger partial charge in [0.1, 0.15) is 17.4 Å². The maximum absolute atomic E-state index is 13.1. The molecule has 0 spiro atoms. The number of benzene rings is 2. The van der Waals surface area contributed by atoms with Crippen LogP contribution in [0.3, 0.4) is 0 Å². The number of carbonyl (C=O) groups is 1. The molecule has 6 heteroatoms. The molecule has 2 aromatic rings. The first-order valence-electron chi connectivity index (χ1n) is 6.19. The number of nitrogens with one attached hydrogen (secondary N) is 1. The van der Waals surface area contributed by atoms with E-state index in [2.05, 4.69) is 5.32 Å². The van der Waals surface area contributed by atoms with Gasteiger partial charge in [0.15, 0.2) is 6.61 Å². The third-order valence-corrected chi connectivity index (χ3v) is 2.79. The van der Waals surface area contributed by atoms with Gasteiger partial charge in [0.05, 0.1) is 11.4 Å². The van der Waals surface area contributed by atoms with Gasteiger partial charge in [0.2, 0.25) is 0 Å². The summed E-state index contributed by atoms with van der Waals surface area (Å²) in [6.07, 6.45) is 0. The molecule has 2 rings (SSSR count). The van der Waals surface area contributed by atoms with E-state index >= 15 is 0 Å². The Kier molecular flexibility index (Phi) is 4.37. The molecular formula is C15H14F2N2O2. The highest BCUT2D eigenvalue weighted by molar-refractivity contribution is 5.94. The summed E-state index contributed by atoms with van der Waals surface area (Å²) in [5.74, 6) is -0.973. The average molecular weight is 292 g/mol. The van der Waals surface area contributed by atoms with Gasteiger partial charge in [-0.3, -0.25) is 4.79 Å². The average Bonchev–Trinajstić information content (AvgIpc) is 2.44. The highest BCUT2D eigenvalue weighted by atomic mass is 19.1. The quantitative estimate of drug-likeness (QED) is 0.852. The van der Waals surface area contributed by atoms with Crippen LogP contribution in [0.5, 0.6) is 5.75 Å². The van der Waals surface area contributed by atoms with Crippen LogP contribution in [0.15, 0.2) is 36.4 Å². The molecule has 110 valence electrons. The molecule has 0 aromatic heterocycles. The number of nitrogen functional groups attached to an aromatic ring is 1. The molecule has 0 radical (unpaired) electrons. The molecule has 0 atom stereocenters. The predicted molar refractivity (Wildman–Crippen MR) is 76.1 cm³/mol. The van der Waals surface area contributed by atoms with E-state index in [-0.39, 0.29) is 23.8 Å². The van der Waals surface area contributed by atoms with Crippen molar-refractivity contribution in [3.05, 3.63) is 53.6 Å². The van der Waals surface area contributed by atoms with Crippen molar-refractivity contribution in [2.24, 2.45) is 0 Å². The first kappa shape index (κ1) is 14.8. The maximum Gasteiger partial charge on any atom is 0.262 e. The summed E-state index contributed by atoms with van der Waals surface area (Å²) in [5, 5.41) is 2.44. The minimum Gasteiger partial charge on any atom is -0.484 e. The van der Waals surface area contributed by atoms with Crippen molar-refractivity contribution in [2.75, 3.05) is 17.7 Å². The highest BCUT2D eigenvalue weighted by Crippen LogP contribution is 2.19. The van der Waals surface area contributed by atoms with Crippen LogP contribution in [-0.4, -0.2) is 12.5 Å². The van der Waals surface area contributed by atoms with Crippen molar-refractivity contribution in [1.29, 1.82) is 0 Å². The fraction of sp³-hybridized carbons (Fsp3) is 0.133. The van der Waals surface area contributed by atoms with Crippen LogP contribution in [0.2, 0.25) is 0 Å². The Morgan fingerprint density at radius 3 is 2.71 bits per heavy atom. The lowest BCUT2D eigenvalue weighted by atomic mass is 10.2. The zero-order valence-electron chi connectivity index (χ0n) is 11.3. The van der Waals surface area contributed by atoms with E-state index < -0.39 is 11.7 Å². The molecule has 0 bridgehead atoms. The number of rotatable bonds is 4. The highest BCUT2D eigenvalue weighted by Gasteiger charge is 2.08. The van der Waals surface area contributed by atoms with Gasteiger partial charge in [-0.2, -0.15) is 0 Å². The lowest BCUT2D eigenvalue weighted by molar-refractivity contribution is -0.118. The second kappa shape index (κ2) is 6.21. The van der Waals surface area contributed by atoms with E-state index in [4.69, 9.17) is 10.5 Å². The number of halogens is 2. The Morgan fingerprint density at radius 1 is 1.24 bits per heavy atom. The Labute approximate surface area is 120 Å². The van der Waals surface area contributed by atoms with Crippen LogP contribution >= 0.6 is 0 Å². The Morgan fingerprint density at radius 2 is 2.00 bits per heavy atom. The molecular weight excluding hydrogens is 278 g/mol. The lowest BCUT2D eigenvalue weighted by Gasteiger charge is -2.10. The Hall–Kier alpha value is -2.63. The number of aryl methyl sites for hydroxylation is 1. The number of amides is 1. The molecule has 2 aromatic carbocycles. The fourth-order valence-corrected chi connectivity index (χ4v) is 1.68. The number of anilines is 2. The van der Waals surface area contributed by atoms with Crippen LogP contribution in [0.4, 0.5) is 20.2 Å². The topological polar surface area (TPSA) is 64.3 Å². The van der Waals surface area contributed by atoms with Gasteiger partial charge in [-0.25, -0.2) is 8.78 Å². The summed E-state index contributed by atoms with van der Waals surface area (Å²) < 4.78 is 31.4. The SMILES string of the molecule is Cc1cc(OCC(=O)Nc2cc(F)ccc2N)ccc1F. The fourth-order valence-electron chi connectivity index (χ4n) is 1.68. The van der Waals surface area contributed by atoms with E-state index in [0.717, 1.165) is 6.07 Å². The molecule has 0 aliphatic heterocycles. The van der Waals surface area contributed by atoms with Crippen LogP contribution in [0.25, 0.3) is 0 Å². The van der Waals surface area contributed by atoms with Gasteiger partial charge in [0, 0.05) is 0 Å². The Bertz CT molecular complexity index is 675. The van der Waals surface area contributed by atoms with Gasteiger partial charge in [-0.05, 0) is 48.9 Å². The summed E-state index contributed by atoms with van der Waals surface area (Å²) in [5.41, 5.74) is 6.47. The van der Waals surface area contributed by atoms with E-state index in [1.54, 1.807) is 6.92 Å². The molecule has 0 saturated carbocycles. The van der Waals surface area contributed by atoms with Crippen LogP contribution in [0.1, 0.15) is 5.56 Å². The summed E-state index contributed by atoms with van der Waals surface area (Å²) in [4.78, 5) is 11.7. The van der Waals surface area contributed by atoms with Crippen molar-refractivity contribution >= 4 is 17.3 Å². The molecule has 21 heavy (non-hydrogen) atoms. The lowest BCUT2D eigenvalue weighted by Crippen LogP contribution is -2.21. The predicted octanol–water partition coefficient (Wildman–Crippen LogP) is 2.87. The molecule has 1 amide bonds. The second-order valence-electron chi connectivity index (χ2n) is 4.48. The maximum atomic E-state index is 13.1. The molecule has 0 aliphatic rings. The summed E-state index contributed by atoms with van der Waals surface area (Å²) >= 11 is 0. The smallest absolute Gasteiger partial charge is 0.262 e. The van der Waals surface area contributed by atoms with E-state index in [0.29, 0.717) is 11.3 Å². The molecule has 0 heterocycles. The standard InChI is InChI=1S/C15H14F2N2O2/c1-9-6-11(3-4-12(9)17)21-8-15(20)19-14-7-10(16)2-5-13(14)18/h2-7H,8,18H2,1H3,(H,19,20). The number of hydrogen-bond donors (Lipinski definition) is 2. The third-order valence-electron chi connectivity index (χ3n) is 2.79. The number of ether oxygens (including phenoxy) is 1.